The van der Waals surface area contributed by atoms with E-state index in [4.69, 9.17) is 18.0 Å². The van der Waals surface area contributed by atoms with Gasteiger partial charge in [-0.3, -0.25) is 0 Å². The highest BCUT2D eigenvalue weighted by atomic mass is 32.1. The molecular formula is C14H13FN2OS. The fourth-order valence-electron chi connectivity index (χ4n) is 1.75. The van der Waals surface area contributed by atoms with Crippen molar-refractivity contribution >= 4 is 28.6 Å². The quantitative estimate of drug-likeness (QED) is 0.846. The van der Waals surface area contributed by atoms with Gasteiger partial charge in [0, 0.05) is 18.3 Å². The summed E-state index contributed by atoms with van der Waals surface area (Å²) in [5.41, 5.74) is 7.13. The molecular weight excluding hydrogens is 263 g/mol. The molecule has 0 aliphatic rings. The number of benzene rings is 2. The van der Waals surface area contributed by atoms with Crippen LogP contribution in [-0.2, 0) is 0 Å². The minimum absolute atomic E-state index is 0.165. The van der Waals surface area contributed by atoms with Crippen LogP contribution in [0.15, 0.2) is 42.5 Å². The third-order valence-corrected chi connectivity index (χ3v) is 3.07. The molecule has 0 saturated heterocycles. The van der Waals surface area contributed by atoms with E-state index in [9.17, 15) is 9.50 Å². The third-order valence-electron chi connectivity index (χ3n) is 2.83. The van der Waals surface area contributed by atoms with Crippen LogP contribution >= 0.6 is 12.2 Å². The first-order valence-electron chi connectivity index (χ1n) is 5.61. The Morgan fingerprint density at radius 3 is 2.37 bits per heavy atom. The van der Waals surface area contributed by atoms with Gasteiger partial charge in [0.15, 0.2) is 0 Å². The smallest absolute Gasteiger partial charge is 0.147 e. The van der Waals surface area contributed by atoms with E-state index >= 15 is 0 Å². The largest absolute Gasteiger partial charge is 0.508 e. The van der Waals surface area contributed by atoms with E-state index < -0.39 is 5.82 Å². The Hall–Kier alpha value is -2.14. The van der Waals surface area contributed by atoms with Crippen LogP contribution in [0.2, 0.25) is 0 Å². The van der Waals surface area contributed by atoms with E-state index in [0.717, 1.165) is 5.69 Å². The van der Waals surface area contributed by atoms with Gasteiger partial charge < -0.3 is 15.7 Å². The molecule has 3 N–H and O–H groups in total. The normalized spacial score (nSPS) is 10.2. The van der Waals surface area contributed by atoms with E-state index in [1.165, 1.54) is 6.07 Å². The van der Waals surface area contributed by atoms with Crippen molar-refractivity contribution in [3.8, 4) is 5.75 Å². The van der Waals surface area contributed by atoms with Crippen LogP contribution in [0, 0.1) is 5.82 Å². The lowest BCUT2D eigenvalue weighted by atomic mass is 10.1. The molecule has 0 aromatic heterocycles. The van der Waals surface area contributed by atoms with Crippen molar-refractivity contribution in [3.63, 3.8) is 0 Å². The van der Waals surface area contributed by atoms with Gasteiger partial charge in [0.05, 0.1) is 5.69 Å². The average molecular weight is 276 g/mol. The van der Waals surface area contributed by atoms with Crippen LogP contribution in [0.1, 0.15) is 5.56 Å². The Kier molecular flexibility index (Phi) is 3.66. The molecule has 3 nitrogen and oxygen atoms in total. The lowest BCUT2D eigenvalue weighted by molar-refractivity contribution is 0.475. The van der Waals surface area contributed by atoms with Gasteiger partial charge in [-0.15, -0.1) is 0 Å². The van der Waals surface area contributed by atoms with Gasteiger partial charge in [-0.25, -0.2) is 4.39 Å². The first kappa shape index (κ1) is 13.3. The molecule has 5 heteroatoms. The fraction of sp³-hybridized carbons (Fsp3) is 0.0714. The molecule has 0 aliphatic carbocycles. The molecule has 0 aliphatic heterocycles. The zero-order chi connectivity index (χ0) is 14.0. The number of rotatable bonds is 3. The van der Waals surface area contributed by atoms with Gasteiger partial charge >= 0.3 is 0 Å². The van der Waals surface area contributed by atoms with Crippen molar-refractivity contribution in [2.24, 2.45) is 5.73 Å². The number of aromatic hydroxyl groups is 1. The fourth-order valence-corrected chi connectivity index (χ4v) is 1.87. The van der Waals surface area contributed by atoms with Gasteiger partial charge in [0.2, 0.25) is 0 Å². The number of anilines is 2. The van der Waals surface area contributed by atoms with Gasteiger partial charge in [-0.1, -0.05) is 12.2 Å². The Bertz CT molecular complexity index is 613. The second kappa shape index (κ2) is 5.24. The highest BCUT2D eigenvalue weighted by Gasteiger charge is 2.11. The third kappa shape index (κ3) is 2.82. The van der Waals surface area contributed by atoms with E-state index in [1.807, 2.05) is 0 Å². The second-order valence-corrected chi connectivity index (χ2v) is 4.55. The SMILES string of the molecule is CN(c1ccc(O)cc1)c1ccc(C(N)=S)cc1F. The van der Waals surface area contributed by atoms with E-state index in [-0.39, 0.29) is 10.7 Å². The monoisotopic (exact) mass is 276 g/mol. The summed E-state index contributed by atoms with van der Waals surface area (Å²) in [5, 5.41) is 9.24. The molecule has 0 amide bonds. The van der Waals surface area contributed by atoms with Gasteiger partial charge in [-0.05, 0) is 42.5 Å². The highest BCUT2D eigenvalue weighted by Crippen LogP contribution is 2.27. The Morgan fingerprint density at radius 1 is 1.21 bits per heavy atom. The molecule has 2 aromatic carbocycles. The lowest BCUT2D eigenvalue weighted by Gasteiger charge is -2.20. The highest BCUT2D eigenvalue weighted by molar-refractivity contribution is 7.80. The summed E-state index contributed by atoms with van der Waals surface area (Å²) < 4.78 is 14.0. The van der Waals surface area contributed by atoms with Crippen LogP contribution in [0.5, 0.6) is 5.75 Å². The number of phenolic OH excluding ortho intramolecular Hbond substituents is 1. The molecule has 0 spiro atoms. The number of phenols is 1. The molecule has 2 rings (SSSR count). The lowest BCUT2D eigenvalue weighted by Crippen LogP contribution is -2.13. The summed E-state index contributed by atoms with van der Waals surface area (Å²) >= 11 is 4.81. The minimum atomic E-state index is -0.402. The Balaban J connectivity index is 2.36. The standard InChI is InChI=1S/C14H13FN2OS/c1-17(10-3-5-11(18)6-4-10)13-7-2-9(14(16)19)8-12(13)15/h2-8,18H,1H3,(H2,16,19). The van der Waals surface area contributed by atoms with Crippen LogP contribution in [0.4, 0.5) is 15.8 Å². The molecule has 0 bridgehead atoms. The molecule has 0 unspecified atom stereocenters. The number of nitrogens with zero attached hydrogens (tertiary/aromatic N) is 1. The molecule has 98 valence electrons. The zero-order valence-corrected chi connectivity index (χ0v) is 11.1. The second-order valence-electron chi connectivity index (χ2n) is 4.11. The number of hydrogen-bond acceptors (Lipinski definition) is 3. The first-order valence-corrected chi connectivity index (χ1v) is 6.02. The molecule has 19 heavy (non-hydrogen) atoms. The maximum atomic E-state index is 14.0. The Morgan fingerprint density at radius 2 is 1.84 bits per heavy atom. The topological polar surface area (TPSA) is 49.5 Å². The van der Waals surface area contributed by atoms with Crippen molar-refractivity contribution in [2.45, 2.75) is 0 Å². The predicted octanol–water partition coefficient (Wildman–Crippen LogP) is 2.93. The average Bonchev–Trinajstić information content (AvgIpc) is 2.38. The summed E-state index contributed by atoms with van der Waals surface area (Å²) in [4.78, 5) is 1.84. The van der Waals surface area contributed by atoms with E-state index in [0.29, 0.717) is 11.3 Å². The minimum Gasteiger partial charge on any atom is -0.508 e. The summed E-state index contributed by atoms with van der Waals surface area (Å²) in [5.74, 6) is -0.234. The van der Waals surface area contributed by atoms with Crippen molar-refractivity contribution in [1.29, 1.82) is 0 Å². The first-order chi connectivity index (χ1) is 8.99. The van der Waals surface area contributed by atoms with Gasteiger partial charge in [-0.2, -0.15) is 0 Å². The molecule has 2 aromatic rings. The summed E-state index contributed by atoms with van der Waals surface area (Å²) in [6, 6.07) is 11.1. The summed E-state index contributed by atoms with van der Waals surface area (Å²) in [6.45, 7) is 0. The number of halogens is 1. The van der Waals surface area contributed by atoms with Crippen molar-refractivity contribution in [2.75, 3.05) is 11.9 Å². The van der Waals surface area contributed by atoms with Crippen LogP contribution < -0.4 is 10.6 Å². The summed E-state index contributed by atoms with van der Waals surface area (Å²) in [7, 11) is 1.74. The van der Waals surface area contributed by atoms with Crippen LogP contribution in [0.3, 0.4) is 0 Å². The molecule has 0 saturated carbocycles. The zero-order valence-electron chi connectivity index (χ0n) is 10.3. The molecule has 0 radical (unpaired) electrons. The maximum absolute atomic E-state index is 14.0. The Labute approximate surface area is 116 Å². The van der Waals surface area contributed by atoms with Crippen LogP contribution in [0.25, 0.3) is 0 Å². The molecule has 0 fully saturated rings. The summed E-state index contributed by atoms with van der Waals surface area (Å²) in [6.07, 6.45) is 0. The number of hydrogen-bond donors (Lipinski definition) is 2. The number of nitrogens with two attached hydrogens (primary N) is 1. The maximum Gasteiger partial charge on any atom is 0.147 e. The van der Waals surface area contributed by atoms with E-state index in [1.54, 1.807) is 48.3 Å². The molecule has 0 atom stereocenters. The van der Waals surface area contributed by atoms with Gasteiger partial charge in [0.1, 0.15) is 16.6 Å². The predicted molar refractivity (Wildman–Crippen MR) is 78.5 cm³/mol. The number of thiocarbonyl (C=S) groups is 1. The van der Waals surface area contributed by atoms with E-state index in [2.05, 4.69) is 0 Å². The van der Waals surface area contributed by atoms with Crippen LogP contribution in [-0.4, -0.2) is 17.1 Å². The van der Waals surface area contributed by atoms with Crippen molar-refractivity contribution in [1.82, 2.24) is 0 Å². The molecule has 0 heterocycles. The van der Waals surface area contributed by atoms with Crippen molar-refractivity contribution in [3.05, 3.63) is 53.8 Å². The van der Waals surface area contributed by atoms with Crippen molar-refractivity contribution < 1.29 is 9.50 Å². The van der Waals surface area contributed by atoms with Gasteiger partial charge in [0.25, 0.3) is 0 Å².